The van der Waals surface area contributed by atoms with Gasteiger partial charge in [-0.15, -0.1) is 0 Å². The fourth-order valence-corrected chi connectivity index (χ4v) is 5.59. The summed E-state index contributed by atoms with van der Waals surface area (Å²) in [6.07, 6.45) is 2.15. The highest BCUT2D eigenvalue weighted by molar-refractivity contribution is 7.85. The molecule has 1 aromatic carbocycles. The number of fused-ring (bicyclic) bond motifs is 5. The Hall–Kier alpha value is -3.19. The number of pyridine rings is 2. The second kappa shape index (κ2) is 8.42. The first-order valence-corrected chi connectivity index (χ1v) is 13.6. The molecule has 0 spiro atoms. The van der Waals surface area contributed by atoms with Gasteiger partial charge in [-0.1, -0.05) is 6.92 Å². The highest BCUT2D eigenvalue weighted by atomic mass is 32.2. The van der Waals surface area contributed by atoms with Gasteiger partial charge in [0.15, 0.2) is 5.60 Å². The topological polar surface area (TPSA) is 162 Å². The predicted molar refractivity (Wildman–Crippen MR) is 132 cm³/mol. The van der Waals surface area contributed by atoms with Crippen molar-refractivity contribution in [3.05, 3.63) is 61.7 Å². The van der Waals surface area contributed by atoms with Crippen LogP contribution >= 0.6 is 0 Å². The molecule has 0 radical (unpaired) electrons. The lowest BCUT2D eigenvalue weighted by Crippen LogP contribution is -2.44. The van der Waals surface area contributed by atoms with Crippen LogP contribution in [-0.2, 0) is 44.8 Å². The highest BCUT2D eigenvalue weighted by Gasteiger charge is 2.45. The van der Waals surface area contributed by atoms with Crippen LogP contribution in [0.5, 0.6) is 0 Å². The van der Waals surface area contributed by atoms with Gasteiger partial charge < -0.3 is 20.1 Å². The minimum atomic E-state index is -3.67. The SMILES string of the molecule is CCC1(O)C(=O)OCc2c1cc1n(c2=O)Cc2c-1nc1cc(F)c(C)c3c1c2[C@@H](N)CC3.CS(=O)(=O)O. The van der Waals surface area contributed by atoms with E-state index in [1.807, 2.05) is 0 Å². The monoisotopic (exact) mass is 531 g/mol. The summed E-state index contributed by atoms with van der Waals surface area (Å²) >= 11 is 0. The molecule has 2 atom stereocenters. The maximum absolute atomic E-state index is 14.7. The third kappa shape index (κ3) is 3.86. The molecule has 2 aromatic heterocycles. The molecule has 0 fully saturated rings. The molecule has 37 heavy (non-hydrogen) atoms. The van der Waals surface area contributed by atoms with Crippen LogP contribution in [0.1, 0.15) is 59.2 Å². The van der Waals surface area contributed by atoms with E-state index in [0.717, 1.165) is 22.1 Å². The highest BCUT2D eigenvalue weighted by Crippen LogP contribution is 2.45. The van der Waals surface area contributed by atoms with Crippen molar-refractivity contribution in [3.63, 3.8) is 0 Å². The Kier molecular flexibility index (Phi) is 5.79. The molecule has 10 nitrogen and oxygen atoms in total. The molecular weight excluding hydrogens is 505 g/mol. The maximum atomic E-state index is 14.7. The normalized spacial score (nSPS) is 21.5. The van der Waals surface area contributed by atoms with Crippen LogP contribution in [0, 0.1) is 12.7 Å². The Labute approximate surface area is 211 Å². The summed E-state index contributed by atoms with van der Waals surface area (Å²) in [5, 5.41) is 11.9. The number of nitrogens with zero attached hydrogens (tertiary/aromatic N) is 2. The number of aliphatic hydroxyl groups is 1. The second-order valence-corrected chi connectivity index (χ2v) is 11.2. The number of carbonyl (C=O) groups excluding carboxylic acids is 1. The van der Waals surface area contributed by atoms with E-state index in [9.17, 15) is 27.5 Å². The number of aryl methyl sites for hydroxylation is 1. The quantitative estimate of drug-likeness (QED) is 0.246. The molecule has 1 unspecified atom stereocenters. The Morgan fingerprint density at radius 1 is 1.27 bits per heavy atom. The van der Waals surface area contributed by atoms with Gasteiger partial charge in [-0.25, -0.2) is 14.2 Å². The van der Waals surface area contributed by atoms with Crippen molar-refractivity contribution < 1.29 is 32.0 Å². The van der Waals surface area contributed by atoms with Crippen LogP contribution in [0.3, 0.4) is 0 Å². The molecule has 3 aromatic rings. The van der Waals surface area contributed by atoms with Gasteiger partial charge in [-0.05, 0) is 48.9 Å². The van der Waals surface area contributed by atoms with Gasteiger partial charge in [-0.3, -0.25) is 9.35 Å². The summed E-state index contributed by atoms with van der Waals surface area (Å²) in [5.74, 6) is -1.08. The summed E-state index contributed by atoms with van der Waals surface area (Å²) in [7, 11) is -3.67. The van der Waals surface area contributed by atoms with Gasteiger partial charge in [0, 0.05) is 28.6 Å². The van der Waals surface area contributed by atoms with Crippen molar-refractivity contribution in [2.75, 3.05) is 6.26 Å². The number of cyclic esters (lactones) is 1. The molecule has 196 valence electrons. The number of aromatic nitrogens is 2. The van der Waals surface area contributed by atoms with E-state index >= 15 is 0 Å². The van der Waals surface area contributed by atoms with Gasteiger partial charge in [0.1, 0.15) is 12.4 Å². The van der Waals surface area contributed by atoms with E-state index in [0.29, 0.717) is 41.6 Å². The van der Waals surface area contributed by atoms with E-state index in [4.69, 9.17) is 20.0 Å². The second-order valence-electron chi connectivity index (χ2n) is 9.69. The molecule has 0 saturated heterocycles. The molecule has 4 heterocycles. The van der Waals surface area contributed by atoms with E-state index in [-0.39, 0.29) is 48.1 Å². The largest absolute Gasteiger partial charge is 0.458 e. The van der Waals surface area contributed by atoms with Crippen LogP contribution < -0.4 is 11.3 Å². The molecule has 6 rings (SSSR count). The summed E-state index contributed by atoms with van der Waals surface area (Å²) in [6.45, 7) is 3.55. The number of halogens is 1. The molecule has 0 bridgehead atoms. The van der Waals surface area contributed by atoms with Crippen LogP contribution in [0.2, 0.25) is 0 Å². The summed E-state index contributed by atoms with van der Waals surface area (Å²) in [4.78, 5) is 30.5. The Morgan fingerprint density at radius 2 is 1.95 bits per heavy atom. The maximum Gasteiger partial charge on any atom is 0.343 e. The number of hydrogen-bond donors (Lipinski definition) is 3. The molecule has 3 aliphatic rings. The zero-order valence-corrected chi connectivity index (χ0v) is 21.3. The van der Waals surface area contributed by atoms with E-state index in [1.165, 1.54) is 6.07 Å². The number of carbonyl (C=O) groups is 1. The Balaban J connectivity index is 0.000000514. The Bertz CT molecular complexity index is 1670. The van der Waals surface area contributed by atoms with Crippen molar-refractivity contribution in [1.29, 1.82) is 0 Å². The summed E-state index contributed by atoms with van der Waals surface area (Å²) in [6, 6.07) is 2.84. The molecule has 0 amide bonds. The third-order valence-electron chi connectivity index (χ3n) is 7.42. The molecule has 0 saturated carbocycles. The van der Waals surface area contributed by atoms with Crippen LogP contribution in [0.4, 0.5) is 4.39 Å². The number of benzene rings is 1. The lowest BCUT2D eigenvalue weighted by Gasteiger charge is -2.31. The van der Waals surface area contributed by atoms with Crippen molar-refractivity contribution in [2.45, 2.75) is 57.9 Å². The zero-order chi connectivity index (χ0) is 27.0. The van der Waals surface area contributed by atoms with Gasteiger partial charge in [0.2, 0.25) is 0 Å². The molecule has 2 aliphatic heterocycles. The average Bonchev–Trinajstić information content (AvgIpc) is 3.18. The van der Waals surface area contributed by atoms with E-state index in [2.05, 4.69) is 0 Å². The first-order valence-electron chi connectivity index (χ1n) is 11.8. The number of rotatable bonds is 1. The standard InChI is InChI=1S/C24H22FN3O4.CH4O3S/c1-3-24(31)14-6-18-21-12(8-28(18)22(29)13(14)9-32-23(24)30)19-16(26)5-4-11-10(2)15(25)7-17(27-21)20(11)19;1-5(2,3)4/h6-7,16,31H,3-5,8-9,26H2,1-2H3;1H3,(H,2,3,4)/t16-,24?;/m0./s1. The molecule has 12 heteroatoms. The van der Waals surface area contributed by atoms with Crippen LogP contribution in [0.25, 0.3) is 22.3 Å². The molecule has 4 N–H and O–H groups in total. The summed E-state index contributed by atoms with van der Waals surface area (Å²) in [5.41, 5.74) is 9.72. The zero-order valence-electron chi connectivity index (χ0n) is 20.5. The number of esters is 1. The van der Waals surface area contributed by atoms with Gasteiger partial charge in [-0.2, -0.15) is 8.42 Å². The number of nitrogens with two attached hydrogens (primary N) is 1. The van der Waals surface area contributed by atoms with E-state index in [1.54, 1.807) is 24.5 Å². The Morgan fingerprint density at radius 3 is 2.59 bits per heavy atom. The van der Waals surface area contributed by atoms with Crippen molar-refractivity contribution in [1.82, 2.24) is 9.55 Å². The fraction of sp³-hybridized carbons (Fsp3) is 0.400. The minimum Gasteiger partial charge on any atom is -0.458 e. The number of hydrogen-bond acceptors (Lipinski definition) is 8. The predicted octanol–water partition coefficient (Wildman–Crippen LogP) is 1.98. The minimum absolute atomic E-state index is 0.0731. The fourth-order valence-electron chi connectivity index (χ4n) is 5.59. The first-order chi connectivity index (χ1) is 17.3. The van der Waals surface area contributed by atoms with Gasteiger partial charge in [0.05, 0.1) is 35.3 Å². The first kappa shape index (κ1) is 25.5. The summed E-state index contributed by atoms with van der Waals surface area (Å²) < 4.78 is 47.2. The van der Waals surface area contributed by atoms with Gasteiger partial charge >= 0.3 is 5.97 Å². The van der Waals surface area contributed by atoms with Crippen LogP contribution in [-0.4, -0.2) is 39.9 Å². The van der Waals surface area contributed by atoms with Crippen molar-refractivity contribution >= 4 is 27.0 Å². The van der Waals surface area contributed by atoms with Crippen LogP contribution in [0.15, 0.2) is 16.9 Å². The smallest absolute Gasteiger partial charge is 0.343 e. The lowest BCUT2D eigenvalue weighted by atomic mass is 9.82. The van der Waals surface area contributed by atoms with Gasteiger partial charge in [0.25, 0.3) is 15.7 Å². The van der Waals surface area contributed by atoms with Crippen molar-refractivity contribution in [3.8, 4) is 11.4 Å². The number of ether oxygens (including phenoxy) is 1. The molecular formula is C25H26FN3O7S. The lowest BCUT2D eigenvalue weighted by molar-refractivity contribution is -0.172. The average molecular weight is 532 g/mol. The van der Waals surface area contributed by atoms with Crippen molar-refractivity contribution in [2.24, 2.45) is 5.73 Å². The third-order valence-corrected chi connectivity index (χ3v) is 7.42. The molecule has 1 aliphatic carbocycles. The van der Waals surface area contributed by atoms with E-state index < -0.39 is 21.7 Å².